The Hall–Kier alpha value is -5.84. The van der Waals surface area contributed by atoms with Gasteiger partial charge in [0, 0.05) is 12.8 Å². The van der Waals surface area contributed by atoms with Crippen LogP contribution in [0.3, 0.4) is 0 Å². The van der Waals surface area contributed by atoms with Crippen molar-refractivity contribution in [3.05, 3.63) is 95.6 Å². The number of allylic oxidation sites excluding steroid dienone is 4. The molecule has 12 heteroatoms. The molecule has 270 valence electrons. The number of fused-ring (bicyclic) bond motifs is 18. The largest absolute Gasteiger partial charge is 2.00 e. The molecule has 0 spiro atoms. The molecule has 7 aromatic rings. The van der Waals surface area contributed by atoms with Gasteiger partial charge in [0.15, 0.2) is 0 Å². The zero-order chi connectivity index (χ0) is 37.5. The quantitative estimate of drug-likeness (QED) is 0.118. The summed E-state index contributed by atoms with van der Waals surface area (Å²) in [5.41, 5.74) is 15.7. The van der Waals surface area contributed by atoms with E-state index in [-0.39, 0.29) is 44.3 Å². The summed E-state index contributed by atoms with van der Waals surface area (Å²) in [6.07, 6.45) is 1.30. The third-order valence-electron chi connectivity index (χ3n) is 11.1. The van der Waals surface area contributed by atoms with E-state index in [1.165, 1.54) is 19.6 Å². The van der Waals surface area contributed by atoms with Gasteiger partial charge in [0.1, 0.15) is 11.0 Å². The molecule has 10 nitrogen and oxygen atoms in total. The number of esters is 2. The first kappa shape index (κ1) is 35.8. The van der Waals surface area contributed by atoms with Crippen LogP contribution in [0.2, 0.25) is 0 Å². The van der Waals surface area contributed by atoms with Crippen molar-refractivity contribution in [1.82, 2.24) is 28.7 Å². The van der Waals surface area contributed by atoms with Crippen molar-refractivity contribution in [3.8, 4) is 22.3 Å². The summed E-state index contributed by atoms with van der Waals surface area (Å²) < 4.78 is 19.3. The second-order valence-electron chi connectivity index (χ2n) is 14.0. The van der Waals surface area contributed by atoms with Crippen LogP contribution in [0.5, 0.6) is 0 Å². The molecular weight excluding hydrogens is 774 g/mol. The fraction of sp³-hybridized carbons (Fsp3) is 0.182. The molecule has 8 bridgehead atoms. The number of ether oxygens (including phenoxy) is 2. The van der Waals surface area contributed by atoms with Crippen molar-refractivity contribution in [1.29, 1.82) is 0 Å². The predicted octanol–water partition coefficient (Wildman–Crippen LogP) is 9.30. The molecule has 0 saturated carbocycles. The second kappa shape index (κ2) is 13.7. The topological polar surface area (TPSA) is 132 Å². The van der Waals surface area contributed by atoms with E-state index >= 15 is 0 Å². The van der Waals surface area contributed by atoms with Crippen LogP contribution >= 0.6 is 11.7 Å². The van der Waals surface area contributed by atoms with Gasteiger partial charge in [-0.15, -0.1) is 22.1 Å². The van der Waals surface area contributed by atoms with E-state index in [0.29, 0.717) is 18.4 Å². The van der Waals surface area contributed by atoms with Gasteiger partial charge >= 0.3 is 31.4 Å². The summed E-state index contributed by atoms with van der Waals surface area (Å²) in [7, 11) is 2.81. The first-order chi connectivity index (χ1) is 26.8. The van der Waals surface area contributed by atoms with Gasteiger partial charge in [-0.3, -0.25) is 9.59 Å². The van der Waals surface area contributed by atoms with Crippen molar-refractivity contribution in [3.63, 3.8) is 0 Å². The number of rotatable bonds is 6. The molecule has 2 aliphatic heterocycles. The van der Waals surface area contributed by atoms with Crippen molar-refractivity contribution in [2.24, 2.45) is 0 Å². The predicted molar refractivity (Wildman–Crippen MR) is 217 cm³/mol. The van der Waals surface area contributed by atoms with Crippen LogP contribution in [0.1, 0.15) is 62.3 Å². The van der Waals surface area contributed by atoms with Crippen LogP contribution in [0.4, 0.5) is 0 Å². The minimum Gasteiger partial charge on any atom is -0.657 e. The van der Waals surface area contributed by atoms with Crippen LogP contribution in [0.15, 0.2) is 72.8 Å². The van der Waals surface area contributed by atoms with Crippen LogP contribution in [-0.4, -0.2) is 44.9 Å². The average molecular weight is 806 g/mol. The SMILES string of the molecule is COC(=O)CCC1=C(C)c2cc3[n-]c(cc4nc(cc5[n-]c(cc1n2)c1ccc2nsnc2c51)C(CCC(=O)OC)=C4C)c1c3-c2cccc3cccc-1c23.[Zn+2]. The summed E-state index contributed by atoms with van der Waals surface area (Å²) in [5, 5.41) is 4.13. The standard InChI is InChI=1S/C44H32N6O4S.Zn/c1-21-24(12-15-38(51)53-3)32-19-34-26-11-14-29-44(50-55-49-29)43(26)37(47-34)20-33-25(13-16-39(52)54-4)22(2)31(46-33)18-36-42-28-10-6-8-23-7-5-9-27(40(23)28)41(42)35(48-36)17-30(21)45-32;/h5-11,14,17-20H,12-13,15-16H2,1-4H3;/q-2;+2. The molecule has 0 unspecified atom stereocenters. The molecule has 0 atom stereocenters. The number of benzene rings is 3. The molecule has 6 heterocycles. The second-order valence-corrected chi connectivity index (χ2v) is 14.6. The van der Waals surface area contributed by atoms with Crippen molar-refractivity contribution < 1.29 is 38.5 Å². The Bertz CT molecular complexity index is 3090. The van der Waals surface area contributed by atoms with Crippen LogP contribution < -0.4 is 9.97 Å². The maximum Gasteiger partial charge on any atom is 2.00 e. The van der Waals surface area contributed by atoms with Crippen LogP contribution in [0.25, 0.3) is 99.2 Å². The van der Waals surface area contributed by atoms with Gasteiger partial charge in [-0.2, -0.15) is 8.75 Å². The zero-order valence-electron chi connectivity index (χ0n) is 31.2. The number of carbonyl (C=O) groups is 2. The third-order valence-corrected chi connectivity index (χ3v) is 11.7. The number of nitrogens with zero attached hydrogens (tertiary/aromatic N) is 6. The minimum absolute atomic E-state index is 0. The molecule has 1 aliphatic carbocycles. The number of hydrogen-bond donors (Lipinski definition) is 0. The smallest absolute Gasteiger partial charge is 0.657 e. The molecule has 0 amide bonds. The van der Waals surface area contributed by atoms with E-state index in [1.807, 2.05) is 24.3 Å². The Labute approximate surface area is 337 Å². The molecule has 0 fully saturated rings. The molecule has 56 heavy (non-hydrogen) atoms. The molecule has 10 rings (SSSR count). The zero-order valence-corrected chi connectivity index (χ0v) is 35.0. The van der Waals surface area contributed by atoms with E-state index in [1.54, 1.807) is 0 Å². The Morgan fingerprint density at radius 3 is 1.75 bits per heavy atom. The van der Waals surface area contributed by atoms with Gasteiger partial charge in [-0.05, 0) is 98.8 Å². The van der Waals surface area contributed by atoms with Crippen molar-refractivity contribution in [2.75, 3.05) is 14.2 Å². The van der Waals surface area contributed by atoms with E-state index in [4.69, 9.17) is 33.8 Å². The summed E-state index contributed by atoms with van der Waals surface area (Å²) in [4.78, 5) is 45.9. The molecule has 4 aromatic heterocycles. The van der Waals surface area contributed by atoms with E-state index in [2.05, 4.69) is 66.8 Å². The molecule has 0 radical (unpaired) electrons. The fourth-order valence-corrected chi connectivity index (χ4v) is 8.92. The van der Waals surface area contributed by atoms with Crippen LogP contribution in [-0.2, 0) is 38.5 Å². The molecule has 0 saturated heterocycles. The van der Waals surface area contributed by atoms with Crippen molar-refractivity contribution >= 4 is 101 Å². The monoisotopic (exact) mass is 804 g/mol. The maximum absolute atomic E-state index is 12.5. The summed E-state index contributed by atoms with van der Waals surface area (Å²) >= 11 is 1.16. The number of methoxy groups -OCH3 is 2. The van der Waals surface area contributed by atoms with Crippen LogP contribution in [0, 0.1) is 0 Å². The Morgan fingerprint density at radius 1 is 0.643 bits per heavy atom. The minimum atomic E-state index is -0.291. The number of aromatic nitrogens is 6. The van der Waals surface area contributed by atoms with Gasteiger partial charge in [0.25, 0.3) is 0 Å². The Balaban J connectivity index is 0.00000410. The number of carbonyl (C=O) groups excluding carboxylic acids is 2. The van der Waals surface area contributed by atoms with E-state index in [9.17, 15) is 9.59 Å². The molecule has 0 N–H and O–H groups in total. The third kappa shape index (κ3) is 5.53. The van der Waals surface area contributed by atoms with Gasteiger partial charge in [0.2, 0.25) is 0 Å². The van der Waals surface area contributed by atoms with Gasteiger partial charge in [0.05, 0.1) is 48.7 Å². The Morgan fingerprint density at radius 2 is 1.18 bits per heavy atom. The number of hydrogen-bond acceptors (Lipinski definition) is 9. The summed E-state index contributed by atoms with van der Waals surface area (Å²) in [5.74, 6) is -0.579. The van der Waals surface area contributed by atoms with Gasteiger partial charge in [-0.1, -0.05) is 66.7 Å². The maximum atomic E-state index is 12.5. The van der Waals surface area contributed by atoms with Gasteiger partial charge in [-0.25, -0.2) is 9.97 Å². The normalized spacial score (nSPS) is 13.1. The summed E-state index contributed by atoms with van der Waals surface area (Å²) in [6, 6.07) is 24.9. The van der Waals surface area contributed by atoms with E-state index < -0.39 is 0 Å². The van der Waals surface area contributed by atoms with Gasteiger partial charge < -0.3 is 19.4 Å². The van der Waals surface area contributed by atoms with E-state index in [0.717, 1.165) is 123 Å². The first-order valence-corrected chi connectivity index (χ1v) is 18.8. The molecule has 3 aromatic carbocycles. The van der Waals surface area contributed by atoms with Crippen molar-refractivity contribution in [2.45, 2.75) is 39.5 Å². The fourth-order valence-electron chi connectivity index (χ4n) is 8.38. The summed E-state index contributed by atoms with van der Waals surface area (Å²) in [6.45, 7) is 4.10. The first-order valence-electron chi connectivity index (χ1n) is 18.1. The Kier molecular flexibility index (Phi) is 8.78. The molecular formula is C44H32N6O4SZn. The molecule has 3 aliphatic rings. The average Bonchev–Trinajstić information content (AvgIpc) is 4.04.